The molecule has 1 aromatic carbocycles. The van der Waals surface area contributed by atoms with Crippen molar-refractivity contribution in [2.24, 2.45) is 0 Å². The third kappa shape index (κ3) is 3.61. The molecular weight excluding hydrogens is 368 g/mol. The second-order valence-corrected chi connectivity index (χ2v) is 7.83. The highest BCUT2D eigenvalue weighted by Crippen LogP contribution is 2.40. The average Bonchev–Trinajstić information content (AvgIpc) is 2.82. The molecule has 8 heteroatoms. The Kier molecular flexibility index (Phi) is 5.29. The zero-order chi connectivity index (χ0) is 20.5. The summed E-state index contributed by atoms with van der Waals surface area (Å²) in [6.07, 6.45) is 2.89. The van der Waals surface area contributed by atoms with Crippen LogP contribution in [0.2, 0.25) is 0 Å². The number of para-hydroxylation sites is 2. The maximum atomic E-state index is 13.5. The summed E-state index contributed by atoms with van der Waals surface area (Å²) in [7, 11) is 2.09. The van der Waals surface area contributed by atoms with E-state index >= 15 is 0 Å². The van der Waals surface area contributed by atoms with Crippen LogP contribution in [0.25, 0.3) is 0 Å². The number of carbonyl (C=O) groups excluding carboxylic acids is 2. The Morgan fingerprint density at radius 1 is 1.10 bits per heavy atom. The van der Waals surface area contributed by atoms with E-state index in [0.717, 1.165) is 26.2 Å². The SMILES string of the molecule is CC(C)N1C(=O)c2cncnc2N(C(=O)CN2CCN(C)CC2)c2ccccc21. The number of anilines is 3. The molecule has 29 heavy (non-hydrogen) atoms. The van der Waals surface area contributed by atoms with Gasteiger partial charge in [-0.15, -0.1) is 0 Å². The fourth-order valence-electron chi connectivity index (χ4n) is 3.90. The third-order valence-electron chi connectivity index (χ3n) is 5.45. The summed E-state index contributed by atoms with van der Waals surface area (Å²) in [6.45, 7) is 7.74. The molecule has 0 radical (unpaired) electrons. The van der Waals surface area contributed by atoms with Gasteiger partial charge in [0, 0.05) is 38.4 Å². The lowest BCUT2D eigenvalue weighted by molar-refractivity contribution is -0.119. The number of amides is 2. The van der Waals surface area contributed by atoms with Gasteiger partial charge in [0.05, 0.1) is 17.9 Å². The lowest BCUT2D eigenvalue weighted by Gasteiger charge is -2.33. The van der Waals surface area contributed by atoms with Crippen molar-refractivity contribution in [3.8, 4) is 0 Å². The number of rotatable bonds is 3. The zero-order valence-corrected chi connectivity index (χ0v) is 17.1. The minimum atomic E-state index is -0.196. The molecule has 2 aromatic rings. The molecule has 0 bridgehead atoms. The highest BCUT2D eigenvalue weighted by molar-refractivity contribution is 6.18. The van der Waals surface area contributed by atoms with Crippen LogP contribution < -0.4 is 9.80 Å². The first-order valence-electron chi connectivity index (χ1n) is 9.94. The largest absolute Gasteiger partial charge is 0.304 e. The van der Waals surface area contributed by atoms with Gasteiger partial charge in [0.25, 0.3) is 5.91 Å². The molecule has 0 N–H and O–H groups in total. The van der Waals surface area contributed by atoms with Crippen molar-refractivity contribution >= 4 is 29.0 Å². The molecule has 0 spiro atoms. The highest BCUT2D eigenvalue weighted by Gasteiger charge is 2.36. The Labute approximate surface area is 170 Å². The number of hydrogen-bond donors (Lipinski definition) is 0. The molecule has 1 fully saturated rings. The van der Waals surface area contributed by atoms with E-state index in [1.54, 1.807) is 9.80 Å². The smallest absolute Gasteiger partial charge is 0.263 e. The highest BCUT2D eigenvalue weighted by atomic mass is 16.2. The van der Waals surface area contributed by atoms with Gasteiger partial charge >= 0.3 is 0 Å². The van der Waals surface area contributed by atoms with Crippen molar-refractivity contribution in [2.45, 2.75) is 19.9 Å². The molecule has 2 amide bonds. The van der Waals surface area contributed by atoms with Crippen molar-refractivity contribution in [1.82, 2.24) is 19.8 Å². The number of aromatic nitrogens is 2. The molecule has 2 aliphatic heterocycles. The number of benzene rings is 1. The third-order valence-corrected chi connectivity index (χ3v) is 5.45. The van der Waals surface area contributed by atoms with Gasteiger partial charge in [-0.2, -0.15) is 0 Å². The Morgan fingerprint density at radius 2 is 1.79 bits per heavy atom. The molecule has 1 aromatic heterocycles. The van der Waals surface area contributed by atoms with Crippen LogP contribution in [0.5, 0.6) is 0 Å². The molecule has 152 valence electrons. The lowest BCUT2D eigenvalue weighted by atomic mass is 10.2. The van der Waals surface area contributed by atoms with Crippen LogP contribution in [0.4, 0.5) is 17.2 Å². The maximum Gasteiger partial charge on any atom is 0.263 e. The van der Waals surface area contributed by atoms with E-state index in [9.17, 15) is 9.59 Å². The first kappa shape index (κ1) is 19.5. The number of hydrogen-bond acceptors (Lipinski definition) is 6. The molecule has 3 heterocycles. The summed E-state index contributed by atoms with van der Waals surface area (Å²) >= 11 is 0. The number of likely N-dealkylation sites (N-methyl/N-ethyl adjacent to an activating group) is 1. The van der Waals surface area contributed by atoms with Crippen LogP contribution >= 0.6 is 0 Å². The molecule has 0 aliphatic carbocycles. The first-order chi connectivity index (χ1) is 14.0. The fraction of sp³-hybridized carbons (Fsp3) is 0.429. The maximum absolute atomic E-state index is 13.5. The summed E-state index contributed by atoms with van der Waals surface area (Å²) in [5, 5.41) is 0. The normalized spacial score (nSPS) is 17.9. The van der Waals surface area contributed by atoms with Gasteiger partial charge in [0.2, 0.25) is 5.91 Å². The van der Waals surface area contributed by atoms with E-state index in [-0.39, 0.29) is 24.4 Å². The van der Waals surface area contributed by atoms with Crippen molar-refractivity contribution < 1.29 is 9.59 Å². The number of carbonyl (C=O) groups is 2. The van der Waals surface area contributed by atoms with Crippen LogP contribution in [0, 0.1) is 0 Å². The van der Waals surface area contributed by atoms with E-state index in [1.165, 1.54) is 12.5 Å². The zero-order valence-electron chi connectivity index (χ0n) is 17.1. The molecule has 0 saturated carbocycles. The molecule has 1 saturated heterocycles. The minimum Gasteiger partial charge on any atom is -0.304 e. The van der Waals surface area contributed by atoms with Crippen molar-refractivity contribution in [3.63, 3.8) is 0 Å². The summed E-state index contributed by atoms with van der Waals surface area (Å²) in [5.41, 5.74) is 1.72. The Morgan fingerprint density at radius 3 is 2.48 bits per heavy atom. The van der Waals surface area contributed by atoms with E-state index in [2.05, 4.69) is 26.8 Å². The molecule has 4 rings (SSSR count). The van der Waals surface area contributed by atoms with E-state index in [1.807, 2.05) is 38.1 Å². The average molecular weight is 394 g/mol. The van der Waals surface area contributed by atoms with Gasteiger partial charge in [-0.25, -0.2) is 9.97 Å². The fourth-order valence-corrected chi connectivity index (χ4v) is 3.90. The van der Waals surface area contributed by atoms with Gasteiger partial charge in [-0.05, 0) is 33.0 Å². The van der Waals surface area contributed by atoms with Crippen molar-refractivity contribution in [2.75, 3.05) is 49.6 Å². The summed E-state index contributed by atoms with van der Waals surface area (Å²) < 4.78 is 0. The standard InChI is InChI=1S/C21H26N6O2/c1-15(2)26-17-6-4-5-7-18(17)27(20-16(21(26)29)12-22-14-23-20)19(28)13-25-10-8-24(3)9-11-25/h4-7,12,14-15H,8-11,13H2,1-3H3. The van der Waals surface area contributed by atoms with Crippen molar-refractivity contribution in [1.29, 1.82) is 0 Å². The van der Waals surface area contributed by atoms with Crippen LogP contribution in [0.1, 0.15) is 24.2 Å². The monoisotopic (exact) mass is 394 g/mol. The van der Waals surface area contributed by atoms with Gasteiger partial charge < -0.3 is 9.80 Å². The quantitative estimate of drug-likeness (QED) is 0.790. The number of nitrogens with zero attached hydrogens (tertiary/aromatic N) is 6. The Bertz CT molecular complexity index is 923. The molecule has 0 atom stereocenters. The number of piperazine rings is 1. The van der Waals surface area contributed by atoms with Crippen LogP contribution in [0.3, 0.4) is 0 Å². The molecule has 2 aliphatic rings. The predicted molar refractivity (Wildman–Crippen MR) is 112 cm³/mol. The van der Waals surface area contributed by atoms with Gasteiger partial charge in [0.1, 0.15) is 11.9 Å². The van der Waals surface area contributed by atoms with Gasteiger partial charge in [-0.3, -0.25) is 19.4 Å². The number of fused-ring (bicyclic) bond motifs is 2. The van der Waals surface area contributed by atoms with Crippen LogP contribution in [-0.4, -0.2) is 77.4 Å². The van der Waals surface area contributed by atoms with Gasteiger partial charge in [-0.1, -0.05) is 12.1 Å². The van der Waals surface area contributed by atoms with E-state index in [4.69, 9.17) is 0 Å². The van der Waals surface area contributed by atoms with E-state index < -0.39 is 0 Å². The van der Waals surface area contributed by atoms with Crippen LogP contribution in [-0.2, 0) is 4.79 Å². The summed E-state index contributed by atoms with van der Waals surface area (Å²) in [5.74, 6) is 0.0537. The van der Waals surface area contributed by atoms with Crippen LogP contribution in [0.15, 0.2) is 36.8 Å². The van der Waals surface area contributed by atoms with Crippen molar-refractivity contribution in [3.05, 3.63) is 42.4 Å². The topological polar surface area (TPSA) is 72.9 Å². The van der Waals surface area contributed by atoms with E-state index in [0.29, 0.717) is 22.8 Å². The second-order valence-electron chi connectivity index (χ2n) is 7.83. The van der Waals surface area contributed by atoms with Gasteiger partial charge in [0.15, 0.2) is 5.82 Å². The Balaban J connectivity index is 1.78. The predicted octanol–water partition coefficient (Wildman–Crippen LogP) is 1.76. The second kappa shape index (κ2) is 7.88. The summed E-state index contributed by atoms with van der Waals surface area (Å²) in [4.78, 5) is 42.9. The molecular formula is C21H26N6O2. The lowest BCUT2D eigenvalue weighted by Crippen LogP contribution is -2.48. The molecule has 0 unspecified atom stereocenters. The Hall–Kier alpha value is -2.84. The summed E-state index contributed by atoms with van der Waals surface area (Å²) in [6, 6.07) is 7.43. The first-order valence-corrected chi connectivity index (χ1v) is 9.94. The minimum absolute atomic E-state index is 0.0793. The molecule has 8 nitrogen and oxygen atoms in total.